The Kier molecular flexibility index (Phi) is 46.3. The van der Waals surface area contributed by atoms with Gasteiger partial charge in [0.25, 0.3) is 0 Å². The number of nitrogens with two attached hydrogens (primary N) is 2. The van der Waals surface area contributed by atoms with Gasteiger partial charge in [-0.05, 0) is 6.92 Å². The Morgan fingerprint density at radius 2 is 1.50 bits per heavy atom. The molecule has 1 unspecified atom stereocenters. The van der Waals surface area contributed by atoms with E-state index in [1.54, 1.807) is 0 Å². The van der Waals surface area contributed by atoms with E-state index in [1.807, 2.05) is 6.92 Å². The largest absolute Gasteiger partial charge is 0.412 e. The van der Waals surface area contributed by atoms with E-state index in [4.69, 9.17) is 11.5 Å². The van der Waals surface area contributed by atoms with E-state index in [-0.39, 0.29) is 36.3 Å². The van der Waals surface area contributed by atoms with Crippen LogP contribution in [0.5, 0.6) is 0 Å². The average Bonchev–Trinajstić information content (AvgIpc) is 1.38. The van der Waals surface area contributed by atoms with Gasteiger partial charge < -0.3 is 16.9 Å². The lowest BCUT2D eigenvalue weighted by molar-refractivity contribution is 0.752. The van der Waals surface area contributed by atoms with Gasteiger partial charge in [0.1, 0.15) is 0 Å². The maximum atomic E-state index is 5.17. The summed E-state index contributed by atoms with van der Waals surface area (Å²) >= 11 is 0. The first-order valence-corrected chi connectivity index (χ1v) is 1.73. The van der Waals surface area contributed by atoms with Crippen LogP contribution in [-0.2, 0) is 0 Å². The van der Waals surface area contributed by atoms with E-state index < -0.39 is 0 Å². The maximum absolute atomic E-state index is 5.17. The van der Waals surface area contributed by atoms with E-state index >= 15 is 0 Å². The lowest BCUT2D eigenvalue weighted by atomic mass is 10.4. The molecule has 0 heterocycles. The molecule has 6 N–H and O–H groups in total. The van der Waals surface area contributed by atoms with Crippen LogP contribution in [0.1, 0.15) is 6.92 Å². The predicted octanol–water partition coefficient (Wildman–Crippen LogP) is -0.689. The highest BCUT2D eigenvalue weighted by Gasteiger charge is 1.79. The molecule has 5 heteroatoms. The van der Waals surface area contributed by atoms with E-state index in [9.17, 15) is 0 Å². The van der Waals surface area contributed by atoms with Crippen molar-refractivity contribution < 1.29 is 5.48 Å². The molecule has 0 fully saturated rings. The molecule has 0 bridgehead atoms. The van der Waals surface area contributed by atoms with E-state index in [0.717, 1.165) is 0 Å². The zero-order valence-corrected chi connectivity index (χ0v) is 6.39. The van der Waals surface area contributed by atoms with Gasteiger partial charge in [0.2, 0.25) is 0 Å². The van der Waals surface area contributed by atoms with Gasteiger partial charge in [0, 0.05) is 12.6 Å². The molecular formula is C3H14Cl2N2O. The van der Waals surface area contributed by atoms with Crippen molar-refractivity contribution in [2.45, 2.75) is 13.0 Å². The van der Waals surface area contributed by atoms with Gasteiger partial charge in [0.15, 0.2) is 0 Å². The van der Waals surface area contributed by atoms with Crippen molar-refractivity contribution in [3.63, 3.8) is 0 Å². The van der Waals surface area contributed by atoms with Crippen LogP contribution in [-0.4, -0.2) is 18.1 Å². The Hall–Kier alpha value is 0.460. The standard InChI is InChI=1S/C3H10N2.2ClH.H2O/c1-3(5)2-4;;;/h3H,2,4-5H2,1H3;2*1H;1H2. The Bertz CT molecular complexity index is 29.2. The fourth-order valence-corrected chi connectivity index (χ4v) is 0. The van der Waals surface area contributed by atoms with Crippen molar-refractivity contribution >= 4 is 24.8 Å². The van der Waals surface area contributed by atoms with Gasteiger partial charge in [-0.3, -0.25) is 0 Å². The van der Waals surface area contributed by atoms with E-state index in [0.29, 0.717) is 6.54 Å². The lowest BCUT2D eigenvalue weighted by Crippen LogP contribution is -2.25. The SMILES string of the molecule is CC(N)CN.Cl.Cl.O. The van der Waals surface area contributed by atoms with Crippen LogP contribution in [0.4, 0.5) is 0 Å². The second-order valence-corrected chi connectivity index (χ2v) is 1.21. The molecule has 56 valence electrons. The fraction of sp³-hybridized carbons (Fsp3) is 1.00. The fourth-order valence-electron chi connectivity index (χ4n) is 0. The first kappa shape index (κ1) is 23.7. The topological polar surface area (TPSA) is 83.5 Å². The minimum atomic E-state index is 0. The molecule has 0 aliphatic carbocycles. The van der Waals surface area contributed by atoms with Gasteiger partial charge >= 0.3 is 0 Å². The van der Waals surface area contributed by atoms with Crippen molar-refractivity contribution in [2.24, 2.45) is 11.5 Å². The second-order valence-electron chi connectivity index (χ2n) is 1.21. The van der Waals surface area contributed by atoms with Crippen molar-refractivity contribution in [1.29, 1.82) is 0 Å². The predicted molar refractivity (Wildman–Crippen MR) is 40.8 cm³/mol. The quantitative estimate of drug-likeness (QED) is 0.539. The summed E-state index contributed by atoms with van der Waals surface area (Å²) < 4.78 is 0. The minimum absolute atomic E-state index is 0. The van der Waals surface area contributed by atoms with Crippen molar-refractivity contribution in [3.8, 4) is 0 Å². The zero-order chi connectivity index (χ0) is 4.28. The lowest BCUT2D eigenvalue weighted by Gasteiger charge is -1.92. The summed E-state index contributed by atoms with van der Waals surface area (Å²) in [5, 5.41) is 0. The van der Waals surface area contributed by atoms with Gasteiger partial charge in [-0.2, -0.15) is 0 Å². The number of hydrogen-bond donors (Lipinski definition) is 2. The first-order chi connectivity index (χ1) is 2.27. The summed E-state index contributed by atoms with van der Waals surface area (Å²) in [6.07, 6.45) is 0. The summed E-state index contributed by atoms with van der Waals surface area (Å²) in [5.74, 6) is 0. The highest BCUT2D eigenvalue weighted by Crippen LogP contribution is 1.59. The van der Waals surface area contributed by atoms with Crippen molar-refractivity contribution in [3.05, 3.63) is 0 Å². The summed E-state index contributed by atoms with van der Waals surface area (Å²) in [7, 11) is 0. The van der Waals surface area contributed by atoms with Crippen LogP contribution in [0.15, 0.2) is 0 Å². The van der Waals surface area contributed by atoms with Crippen LogP contribution >= 0.6 is 24.8 Å². The first-order valence-electron chi connectivity index (χ1n) is 1.73. The molecule has 0 aliphatic heterocycles. The average molecular weight is 165 g/mol. The van der Waals surface area contributed by atoms with Crippen molar-refractivity contribution in [2.75, 3.05) is 6.54 Å². The molecule has 0 aromatic carbocycles. The molecule has 3 nitrogen and oxygen atoms in total. The number of halogens is 2. The van der Waals surface area contributed by atoms with Crippen LogP contribution in [0.2, 0.25) is 0 Å². The monoisotopic (exact) mass is 164 g/mol. The smallest absolute Gasteiger partial charge is 0.0134 e. The third-order valence-corrected chi connectivity index (χ3v) is 0.372. The second kappa shape index (κ2) is 15.7. The number of hydrogen-bond acceptors (Lipinski definition) is 2. The van der Waals surface area contributed by atoms with Gasteiger partial charge in [-0.15, -0.1) is 24.8 Å². The van der Waals surface area contributed by atoms with E-state index in [1.165, 1.54) is 0 Å². The molecule has 1 atom stereocenters. The molecule has 0 amide bonds. The summed E-state index contributed by atoms with van der Waals surface area (Å²) in [4.78, 5) is 0. The Balaban J connectivity index is -0.0000000267. The Morgan fingerprint density at radius 1 is 1.38 bits per heavy atom. The molecule has 0 aliphatic rings. The van der Waals surface area contributed by atoms with Crippen molar-refractivity contribution in [1.82, 2.24) is 0 Å². The van der Waals surface area contributed by atoms with Gasteiger partial charge in [0.05, 0.1) is 0 Å². The summed E-state index contributed by atoms with van der Waals surface area (Å²) in [6.45, 7) is 2.46. The molecule has 0 aromatic heterocycles. The summed E-state index contributed by atoms with van der Waals surface area (Å²) in [5.41, 5.74) is 10.2. The zero-order valence-electron chi connectivity index (χ0n) is 4.76. The Labute approximate surface area is 61.9 Å². The molecule has 0 aromatic rings. The van der Waals surface area contributed by atoms with Gasteiger partial charge in [-0.25, -0.2) is 0 Å². The third kappa shape index (κ3) is 31.8. The van der Waals surface area contributed by atoms with Crippen LogP contribution in [0.3, 0.4) is 0 Å². The molecule has 0 spiro atoms. The molecule has 8 heavy (non-hydrogen) atoms. The number of rotatable bonds is 1. The van der Waals surface area contributed by atoms with Crippen LogP contribution < -0.4 is 11.5 Å². The highest BCUT2D eigenvalue weighted by atomic mass is 35.5. The Morgan fingerprint density at radius 3 is 1.50 bits per heavy atom. The molecule has 0 rings (SSSR count). The third-order valence-electron chi connectivity index (χ3n) is 0.372. The molecule has 0 saturated heterocycles. The highest BCUT2D eigenvalue weighted by molar-refractivity contribution is 5.85. The molecule has 0 radical (unpaired) electrons. The molecular weight excluding hydrogens is 151 g/mol. The summed E-state index contributed by atoms with van der Waals surface area (Å²) in [6, 6.07) is 0.162. The normalized spacial score (nSPS) is 9.38. The van der Waals surface area contributed by atoms with Crippen LogP contribution in [0, 0.1) is 0 Å². The minimum Gasteiger partial charge on any atom is -0.412 e. The van der Waals surface area contributed by atoms with Gasteiger partial charge in [-0.1, -0.05) is 0 Å². The van der Waals surface area contributed by atoms with E-state index in [2.05, 4.69) is 0 Å². The molecule has 0 saturated carbocycles. The van der Waals surface area contributed by atoms with Crippen LogP contribution in [0.25, 0.3) is 0 Å². The maximum Gasteiger partial charge on any atom is 0.0134 e.